The van der Waals surface area contributed by atoms with Crippen LogP contribution in [0, 0.1) is 16.7 Å². The largest absolute Gasteiger partial charge is 0.478 e. The van der Waals surface area contributed by atoms with Gasteiger partial charge in [0.2, 0.25) is 0 Å². The fraction of sp³-hybridized carbons (Fsp3) is 0.786. The summed E-state index contributed by atoms with van der Waals surface area (Å²) in [6.07, 6.45) is 5.52. The molecule has 0 bridgehead atoms. The molecule has 0 amide bonds. The topological polar surface area (TPSA) is 37.3 Å². The number of rotatable bonds is 2. The van der Waals surface area contributed by atoms with Crippen molar-refractivity contribution >= 4 is 5.97 Å². The van der Waals surface area contributed by atoms with Gasteiger partial charge in [-0.1, -0.05) is 46.6 Å². The SMILES string of the molecule is C/C(=C\C1(C)CCCC(C)C1(C)C)C(=O)O. The number of carboxylic acids is 1. The minimum Gasteiger partial charge on any atom is -0.478 e. The summed E-state index contributed by atoms with van der Waals surface area (Å²) >= 11 is 0. The second-order valence-electron chi connectivity index (χ2n) is 6.06. The van der Waals surface area contributed by atoms with Crippen LogP contribution in [0.15, 0.2) is 11.6 Å². The quantitative estimate of drug-likeness (QED) is 0.723. The van der Waals surface area contributed by atoms with E-state index in [-0.39, 0.29) is 10.8 Å². The van der Waals surface area contributed by atoms with Crippen molar-refractivity contribution in [3.05, 3.63) is 11.6 Å². The molecular formula is C14H24O2. The van der Waals surface area contributed by atoms with E-state index in [9.17, 15) is 4.79 Å². The lowest BCUT2D eigenvalue weighted by Gasteiger charge is -2.51. The molecule has 0 radical (unpaired) electrons. The number of hydrogen-bond acceptors (Lipinski definition) is 1. The molecule has 1 N–H and O–H groups in total. The van der Waals surface area contributed by atoms with Crippen LogP contribution in [0.2, 0.25) is 0 Å². The molecule has 1 fully saturated rings. The first-order chi connectivity index (χ1) is 7.21. The maximum Gasteiger partial charge on any atom is 0.330 e. The monoisotopic (exact) mass is 224 g/mol. The van der Waals surface area contributed by atoms with Crippen LogP contribution in [-0.4, -0.2) is 11.1 Å². The summed E-state index contributed by atoms with van der Waals surface area (Å²) in [6, 6.07) is 0. The Hall–Kier alpha value is -0.790. The molecule has 0 spiro atoms. The highest BCUT2D eigenvalue weighted by atomic mass is 16.4. The predicted molar refractivity (Wildman–Crippen MR) is 66.3 cm³/mol. The molecule has 92 valence electrons. The van der Waals surface area contributed by atoms with E-state index in [2.05, 4.69) is 27.7 Å². The first-order valence-corrected chi connectivity index (χ1v) is 6.13. The second-order valence-corrected chi connectivity index (χ2v) is 6.06. The van der Waals surface area contributed by atoms with Crippen molar-refractivity contribution in [2.45, 2.75) is 53.9 Å². The summed E-state index contributed by atoms with van der Waals surface area (Å²) < 4.78 is 0. The molecule has 2 nitrogen and oxygen atoms in total. The van der Waals surface area contributed by atoms with Crippen molar-refractivity contribution in [2.24, 2.45) is 16.7 Å². The van der Waals surface area contributed by atoms with Crippen molar-refractivity contribution < 1.29 is 9.90 Å². The highest BCUT2D eigenvalue weighted by Gasteiger charge is 2.45. The van der Waals surface area contributed by atoms with Crippen molar-refractivity contribution in [3.8, 4) is 0 Å². The maximum absolute atomic E-state index is 10.9. The standard InChI is InChI=1S/C14H24O2/c1-10(12(15)16)9-14(5)8-6-7-11(2)13(14,3)4/h9,11H,6-8H2,1-5H3,(H,15,16)/b10-9+. The van der Waals surface area contributed by atoms with Gasteiger partial charge in [-0.15, -0.1) is 0 Å². The molecule has 1 rings (SSSR count). The summed E-state index contributed by atoms with van der Waals surface area (Å²) in [5, 5.41) is 8.99. The Balaban J connectivity index is 3.07. The normalized spacial score (nSPS) is 34.8. The molecule has 2 atom stereocenters. The van der Waals surface area contributed by atoms with Crippen LogP contribution in [0.4, 0.5) is 0 Å². The van der Waals surface area contributed by atoms with Crippen molar-refractivity contribution in [2.75, 3.05) is 0 Å². The van der Waals surface area contributed by atoms with Crippen molar-refractivity contribution in [1.29, 1.82) is 0 Å². The first kappa shape index (κ1) is 13.3. The number of hydrogen-bond donors (Lipinski definition) is 1. The van der Waals surface area contributed by atoms with Crippen LogP contribution in [0.5, 0.6) is 0 Å². The van der Waals surface area contributed by atoms with Crippen LogP contribution in [0.3, 0.4) is 0 Å². The van der Waals surface area contributed by atoms with Crippen LogP contribution < -0.4 is 0 Å². The van der Waals surface area contributed by atoms with Gasteiger partial charge in [-0.05, 0) is 30.1 Å². The summed E-state index contributed by atoms with van der Waals surface area (Å²) in [5.74, 6) is -0.153. The zero-order valence-electron chi connectivity index (χ0n) is 11.1. The zero-order valence-corrected chi connectivity index (χ0v) is 11.1. The Morgan fingerprint density at radius 1 is 1.38 bits per heavy atom. The van der Waals surface area contributed by atoms with Crippen LogP contribution >= 0.6 is 0 Å². The Labute approximate surface area is 98.7 Å². The summed E-state index contributed by atoms with van der Waals surface area (Å²) in [6.45, 7) is 10.7. The minimum atomic E-state index is -0.796. The number of carbonyl (C=O) groups is 1. The first-order valence-electron chi connectivity index (χ1n) is 6.13. The smallest absolute Gasteiger partial charge is 0.330 e. The number of carboxylic acid groups (broad SMARTS) is 1. The third-order valence-corrected chi connectivity index (χ3v) is 4.91. The molecule has 0 aliphatic heterocycles. The molecule has 16 heavy (non-hydrogen) atoms. The Kier molecular flexibility index (Phi) is 3.51. The van der Waals surface area contributed by atoms with E-state index >= 15 is 0 Å². The summed E-state index contributed by atoms with van der Waals surface area (Å²) in [5.41, 5.74) is 0.652. The van der Waals surface area contributed by atoms with Gasteiger partial charge in [0.05, 0.1) is 0 Å². The van der Waals surface area contributed by atoms with E-state index in [1.54, 1.807) is 6.92 Å². The molecular weight excluding hydrogens is 200 g/mol. The van der Waals surface area contributed by atoms with E-state index in [4.69, 9.17) is 5.11 Å². The molecule has 2 heteroatoms. The predicted octanol–water partition coefficient (Wildman–Crippen LogP) is 3.87. The third-order valence-electron chi connectivity index (χ3n) is 4.91. The van der Waals surface area contributed by atoms with Crippen LogP contribution in [-0.2, 0) is 4.79 Å². The number of allylic oxidation sites excluding steroid dienone is 1. The zero-order chi connectivity index (χ0) is 12.6. The summed E-state index contributed by atoms with van der Waals surface area (Å²) in [4.78, 5) is 10.9. The summed E-state index contributed by atoms with van der Waals surface area (Å²) in [7, 11) is 0. The van der Waals surface area contributed by atoms with Gasteiger partial charge in [0, 0.05) is 5.57 Å². The Bertz CT molecular complexity index is 315. The minimum absolute atomic E-state index is 0.00708. The fourth-order valence-corrected chi connectivity index (χ4v) is 2.82. The van der Waals surface area contributed by atoms with E-state index in [1.165, 1.54) is 12.8 Å². The van der Waals surface area contributed by atoms with Crippen molar-refractivity contribution in [3.63, 3.8) is 0 Å². The Morgan fingerprint density at radius 2 is 1.94 bits per heavy atom. The van der Waals surface area contributed by atoms with Gasteiger partial charge in [-0.3, -0.25) is 0 Å². The lowest BCUT2D eigenvalue weighted by atomic mass is 9.54. The lowest BCUT2D eigenvalue weighted by Crippen LogP contribution is -2.42. The van der Waals surface area contributed by atoms with Gasteiger partial charge >= 0.3 is 5.97 Å². The van der Waals surface area contributed by atoms with Crippen LogP contribution in [0.1, 0.15) is 53.9 Å². The van der Waals surface area contributed by atoms with Gasteiger partial charge in [0.25, 0.3) is 0 Å². The van der Waals surface area contributed by atoms with Crippen molar-refractivity contribution in [1.82, 2.24) is 0 Å². The highest BCUT2D eigenvalue weighted by molar-refractivity contribution is 5.85. The second kappa shape index (κ2) is 4.23. The molecule has 0 aromatic rings. The van der Waals surface area contributed by atoms with E-state index in [0.717, 1.165) is 6.42 Å². The molecule has 0 saturated heterocycles. The lowest BCUT2D eigenvalue weighted by molar-refractivity contribution is -0.132. The molecule has 1 saturated carbocycles. The average molecular weight is 224 g/mol. The molecule has 0 heterocycles. The molecule has 0 aromatic heterocycles. The van der Waals surface area contributed by atoms with E-state index < -0.39 is 5.97 Å². The van der Waals surface area contributed by atoms with Gasteiger partial charge in [0.1, 0.15) is 0 Å². The fourth-order valence-electron chi connectivity index (χ4n) is 2.82. The van der Waals surface area contributed by atoms with E-state index in [1.807, 2.05) is 6.08 Å². The molecule has 1 aliphatic carbocycles. The highest BCUT2D eigenvalue weighted by Crippen LogP contribution is 2.54. The van der Waals surface area contributed by atoms with Gasteiger partial charge in [0.15, 0.2) is 0 Å². The van der Waals surface area contributed by atoms with Crippen LogP contribution in [0.25, 0.3) is 0 Å². The average Bonchev–Trinajstić information content (AvgIpc) is 2.14. The maximum atomic E-state index is 10.9. The number of aliphatic carboxylic acids is 1. The third kappa shape index (κ3) is 2.16. The molecule has 0 aromatic carbocycles. The van der Waals surface area contributed by atoms with Gasteiger partial charge in [-0.25, -0.2) is 4.79 Å². The Morgan fingerprint density at radius 3 is 2.44 bits per heavy atom. The molecule has 2 unspecified atom stereocenters. The molecule has 1 aliphatic rings. The van der Waals surface area contributed by atoms with Gasteiger partial charge in [-0.2, -0.15) is 0 Å². The van der Waals surface area contributed by atoms with E-state index in [0.29, 0.717) is 11.5 Å². The van der Waals surface area contributed by atoms with Gasteiger partial charge < -0.3 is 5.11 Å².